The average Bonchev–Trinajstić information content (AvgIpc) is 3.14. The largest absolute Gasteiger partial charge is 0.352 e. The second-order valence-corrected chi connectivity index (χ2v) is 6.84. The van der Waals surface area contributed by atoms with Crippen LogP contribution < -0.4 is 5.32 Å². The van der Waals surface area contributed by atoms with Crippen molar-refractivity contribution in [3.05, 3.63) is 61.3 Å². The molecule has 9 heteroatoms. The van der Waals surface area contributed by atoms with Crippen LogP contribution in [-0.2, 0) is 11.3 Å². The van der Waals surface area contributed by atoms with E-state index in [2.05, 4.69) is 5.32 Å². The van der Waals surface area contributed by atoms with Crippen molar-refractivity contribution in [1.29, 1.82) is 0 Å². The summed E-state index contributed by atoms with van der Waals surface area (Å²) in [6.45, 7) is 0.576. The SMILES string of the molecule is CN(Cc1cc([N+](=O)[O-])ccc1Cl)C(=O)CCCNC(=O)c1ccsc1. The number of carbonyl (C=O) groups excluding carboxylic acids is 2. The highest BCUT2D eigenvalue weighted by molar-refractivity contribution is 7.08. The molecule has 2 amide bonds. The Labute approximate surface area is 159 Å². The molecule has 2 rings (SSSR count). The Hall–Kier alpha value is -2.45. The summed E-state index contributed by atoms with van der Waals surface area (Å²) in [5.41, 5.74) is 1.06. The van der Waals surface area contributed by atoms with Gasteiger partial charge < -0.3 is 10.2 Å². The molecule has 0 unspecified atom stereocenters. The molecule has 1 heterocycles. The van der Waals surface area contributed by atoms with Crippen molar-refractivity contribution in [2.45, 2.75) is 19.4 Å². The fraction of sp³-hybridized carbons (Fsp3) is 0.294. The summed E-state index contributed by atoms with van der Waals surface area (Å²) < 4.78 is 0. The molecule has 0 spiro atoms. The first kappa shape index (κ1) is 19.9. The minimum atomic E-state index is -0.502. The molecular weight excluding hydrogens is 378 g/mol. The molecule has 0 saturated carbocycles. The number of non-ortho nitro benzene ring substituents is 1. The van der Waals surface area contributed by atoms with Crippen LogP contribution in [0.3, 0.4) is 0 Å². The predicted molar refractivity (Wildman–Crippen MR) is 100 cm³/mol. The highest BCUT2D eigenvalue weighted by Gasteiger charge is 2.14. The first-order valence-corrected chi connectivity index (χ1v) is 9.17. The minimum absolute atomic E-state index is 0.0682. The number of nitrogens with one attached hydrogen (secondary N) is 1. The van der Waals surface area contributed by atoms with Gasteiger partial charge in [-0.1, -0.05) is 11.6 Å². The van der Waals surface area contributed by atoms with E-state index in [-0.39, 0.29) is 30.5 Å². The van der Waals surface area contributed by atoms with Crippen molar-refractivity contribution in [3.63, 3.8) is 0 Å². The van der Waals surface area contributed by atoms with E-state index in [4.69, 9.17) is 11.6 Å². The maximum absolute atomic E-state index is 12.2. The molecule has 1 N–H and O–H groups in total. The van der Waals surface area contributed by atoms with Crippen LogP contribution >= 0.6 is 22.9 Å². The molecular formula is C17H18ClN3O4S. The Kier molecular flexibility index (Phi) is 7.11. The number of thiophene rings is 1. The zero-order valence-electron chi connectivity index (χ0n) is 14.1. The van der Waals surface area contributed by atoms with Gasteiger partial charge in [0.1, 0.15) is 0 Å². The predicted octanol–water partition coefficient (Wildman–Crippen LogP) is 3.48. The Morgan fingerprint density at radius 3 is 2.77 bits per heavy atom. The lowest BCUT2D eigenvalue weighted by Gasteiger charge is -2.18. The molecule has 138 valence electrons. The van der Waals surface area contributed by atoms with Crippen LogP contribution in [0, 0.1) is 10.1 Å². The van der Waals surface area contributed by atoms with Crippen molar-refractivity contribution in [2.24, 2.45) is 0 Å². The fourth-order valence-electron chi connectivity index (χ4n) is 2.27. The van der Waals surface area contributed by atoms with Crippen LogP contribution in [0.5, 0.6) is 0 Å². The van der Waals surface area contributed by atoms with E-state index in [9.17, 15) is 19.7 Å². The molecule has 0 saturated heterocycles. The Bertz CT molecular complexity index is 795. The number of halogens is 1. The number of amides is 2. The second-order valence-electron chi connectivity index (χ2n) is 5.65. The summed E-state index contributed by atoms with van der Waals surface area (Å²) in [5, 5.41) is 17.6. The molecule has 26 heavy (non-hydrogen) atoms. The van der Waals surface area contributed by atoms with Gasteiger partial charge in [-0.3, -0.25) is 19.7 Å². The fourth-order valence-corrected chi connectivity index (χ4v) is 3.08. The van der Waals surface area contributed by atoms with Crippen molar-refractivity contribution >= 4 is 40.4 Å². The van der Waals surface area contributed by atoms with Gasteiger partial charge in [0.25, 0.3) is 11.6 Å². The normalized spacial score (nSPS) is 10.4. The maximum Gasteiger partial charge on any atom is 0.269 e. The number of hydrogen-bond acceptors (Lipinski definition) is 5. The standard InChI is InChI=1S/C17H18ClN3O4S/c1-20(10-13-9-14(21(24)25)4-5-15(13)18)16(22)3-2-7-19-17(23)12-6-8-26-11-12/h4-6,8-9,11H,2-3,7,10H2,1H3,(H,19,23). The smallest absolute Gasteiger partial charge is 0.269 e. The van der Waals surface area contributed by atoms with E-state index in [0.29, 0.717) is 29.1 Å². The van der Waals surface area contributed by atoms with Gasteiger partial charge in [-0.15, -0.1) is 0 Å². The molecule has 0 aliphatic carbocycles. The van der Waals surface area contributed by atoms with Crippen LogP contribution in [-0.4, -0.2) is 35.2 Å². The maximum atomic E-state index is 12.2. The number of benzene rings is 1. The summed E-state index contributed by atoms with van der Waals surface area (Å²) >= 11 is 7.50. The van der Waals surface area contributed by atoms with E-state index >= 15 is 0 Å². The Morgan fingerprint density at radius 2 is 2.12 bits per heavy atom. The van der Waals surface area contributed by atoms with Crippen LogP contribution in [0.2, 0.25) is 5.02 Å². The molecule has 1 aromatic heterocycles. The molecule has 7 nitrogen and oxygen atoms in total. The van der Waals surface area contributed by atoms with Gasteiger partial charge in [0.05, 0.1) is 4.92 Å². The molecule has 1 aromatic carbocycles. The summed E-state index contributed by atoms with van der Waals surface area (Å²) in [5.74, 6) is -0.284. The zero-order valence-corrected chi connectivity index (χ0v) is 15.7. The van der Waals surface area contributed by atoms with Gasteiger partial charge in [-0.25, -0.2) is 0 Å². The number of nitro benzene ring substituents is 1. The lowest BCUT2D eigenvalue weighted by Crippen LogP contribution is -2.28. The third-order valence-electron chi connectivity index (χ3n) is 3.71. The number of rotatable bonds is 8. The van der Waals surface area contributed by atoms with E-state index in [1.54, 1.807) is 18.5 Å². The van der Waals surface area contributed by atoms with Crippen LogP contribution in [0.1, 0.15) is 28.8 Å². The van der Waals surface area contributed by atoms with E-state index in [0.717, 1.165) is 0 Å². The Balaban J connectivity index is 1.80. The lowest BCUT2D eigenvalue weighted by molar-refractivity contribution is -0.384. The van der Waals surface area contributed by atoms with Crippen LogP contribution in [0.25, 0.3) is 0 Å². The summed E-state index contributed by atoms with van der Waals surface area (Å²) in [4.78, 5) is 35.8. The molecule has 0 bridgehead atoms. The molecule has 0 radical (unpaired) electrons. The van der Waals surface area contributed by atoms with Gasteiger partial charge in [0, 0.05) is 54.7 Å². The summed E-state index contributed by atoms with van der Waals surface area (Å²) in [6, 6.07) is 5.88. The number of nitrogens with zero attached hydrogens (tertiary/aromatic N) is 2. The van der Waals surface area contributed by atoms with Gasteiger partial charge in [-0.05, 0) is 29.5 Å². The highest BCUT2D eigenvalue weighted by atomic mass is 35.5. The average molecular weight is 396 g/mol. The molecule has 0 atom stereocenters. The molecule has 0 aliphatic rings. The zero-order chi connectivity index (χ0) is 19.1. The van der Waals surface area contributed by atoms with Crippen molar-refractivity contribution in [3.8, 4) is 0 Å². The summed E-state index contributed by atoms with van der Waals surface area (Å²) in [6.07, 6.45) is 0.759. The van der Waals surface area contributed by atoms with E-state index < -0.39 is 4.92 Å². The quantitative estimate of drug-likeness (QED) is 0.420. The third kappa shape index (κ3) is 5.53. The van der Waals surface area contributed by atoms with Crippen LogP contribution in [0.4, 0.5) is 5.69 Å². The van der Waals surface area contributed by atoms with E-state index in [1.165, 1.54) is 34.4 Å². The lowest BCUT2D eigenvalue weighted by atomic mass is 10.1. The second kappa shape index (κ2) is 9.30. The minimum Gasteiger partial charge on any atom is -0.352 e. The van der Waals surface area contributed by atoms with Gasteiger partial charge in [0.15, 0.2) is 0 Å². The van der Waals surface area contributed by atoms with Gasteiger partial charge in [-0.2, -0.15) is 11.3 Å². The number of hydrogen-bond donors (Lipinski definition) is 1. The topological polar surface area (TPSA) is 92.5 Å². The first-order valence-electron chi connectivity index (χ1n) is 7.85. The number of carbonyl (C=O) groups is 2. The van der Waals surface area contributed by atoms with Crippen molar-refractivity contribution in [2.75, 3.05) is 13.6 Å². The van der Waals surface area contributed by atoms with E-state index in [1.807, 2.05) is 5.38 Å². The third-order valence-corrected chi connectivity index (χ3v) is 4.76. The molecule has 2 aromatic rings. The Morgan fingerprint density at radius 1 is 1.35 bits per heavy atom. The monoisotopic (exact) mass is 395 g/mol. The molecule has 0 fully saturated rings. The van der Waals surface area contributed by atoms with Crippen LogP contribution in [0.15, 0.2) is 35.0 Å². The summed E-state index contributed by atoms with van der Waals surface area (Å²) in [7, 11) is 1.61. The van der Waals surface area contributed by atoms with Gasteiger partial charge in [0.2, 0.25) is 5.91 Å². The van der Waals surface area contributed by atoms with Gasteiger partial charge >= 0.3 is 0 Å². The highest BCUT2D eigenvalue weighted by Crippen LogP contribution is 2.23. The molecule has 0 aliphatic heterocycles. The van der Waals surface area contributed by atoms with Crippen molar-refractivity contribution in [1.82, 2.24) is 10.2 Å². The first-order chi connectivity index (χ1) is 12.4. The number of nitro groups is 1. The van der Waals surface area contributed by atoms with Crippen molar-refractivity contribution < 1.29 is 14.5 Å².